The summed E-state index contributed by atoms with van der Waals surface area (Å²) in [7, 11) is 0.956. The highest BCUT2D eigenvalue weighted by Crippen LogP contribution is 2.77. The number of amides is 1. The average Bonchev–Trinajstić information content (AvgIpc) is 3.46. The Kier molecular flexibility index (Phi) is 9.67. The van der Waals surface area contributed by atoms with E-state index in [4.69, 9.17) is 0 Å². The number of nitrogens with zero attached hydrogens (tertiary/aromatic N) is 1. The summed E-state index contributed by atoms with van der Waals surface area (Å²) < 4.78 is 11.5. The first kappa shape index (κ1) is 35.8. The lowest BCUT2D eigenvalue weighted by Gasteiger charge is -2.72. The summed E-state index contributed by atoms with van der Waals surface area (Å²) in [6.07, 6.45) is 17.7. The zero-order valence-electron chi connectivity index (χ0n) is 30.8. The van der Waals surface area contributed by atoms with Crippen LogP contribution in [0.3, 0.4) is 0 Å². The molecule has 4 fully saturated rings. The van der Waals surface area contributed by atoms with E-state index >= 15 is 0 Å². The number of carbonyl (C=O) groups excluding carboxylic acids is 1. The summed E-state index contributed by atoms with van der Waals surface area (Å²) >= 11 is 0. The summed E-state index contributed by atoms with van der Waals surface area (Å²) in [6, 6.07) is 7.58. The lowest BCUT2D eigenvalue weighted by atomic mass is 9.32. The molecular weight excluding hydrogens is 617 g/mol. The number of carbonyl (C=O) groups is 2. The Morgan fingerprint density at radius 3 is 2.33 bits per heavy atom. The molecule has 6 nitrogen and oxygen atoms in total. The Morgan fingerprint density at radius 2 is 1.65 bits per heavy atom. The Labute approximate surface area is 292 Å². The van der Waals surface area contributed by atoms with Crippen LogP contribution in [0.5, 0.6) is 0 Å². The molecule has 0 aromatic heterocycles. The predicted molar refractivity (Wildman–Crippen MR) is 196 cm³/mol. The SMILES string of the molecule is CN(CCS(C)=O)C(=O)CCNCC12CCCC1C1CCC3C4(C)CC=C(c5ccc(C(=O)O)cc5)C(C)(C)C4CCC3(C)[C@]1(C)CC2. The van der Waals surface area contributed by atoms with E-state index in [0.29, 0.717) is 52.4 Å². The number of hydrogen-bond acceptors (Lipinski definition) is 4. The van der Waals surface area contributed by atoms with Crippen molar-refractivity contribution in [2.75, 3.05) is 38.7 Å². The molecule has 1 aromatic carbocycles. The van der Waals surface area contributed by atoms with Crippen LogP contribution in [0.25, 0.3) is 5.57 Å². The largest absolute Gasteiger partial charge is 0.478 e. The topological polar surface area (TPSA) is 86.7 Å². The van der Waals surface area contributed by atoms with Crippen molar-refractivity contribution in [1.29, 1.82) is 0 Å². The van der Waals surface area contributed by atoms with Crippen LogP contribution in [0, 0.1) is 50.7 Å². The Bertz CT molecular complexity index is 1450. The molecule has 0 bridgehead atoms. The second-order valence-electron chi connectivity index (χ2n) is 18.0. The van der Waals surface area contributed by atoms with Crippen LogP contribution in [0.2, 0.25) is 0 Å². The average molecular weight is 679 g/mol. The van der Waals surface area contributed by atoms with Crippen LogP contribution in [0.4, 0.5) is 0 Å². The van der Waals surface area contributed by atoms with Crippen molar-refractivity contribution in [2.24, 2.45) is 50.7 Å². The van der Waals surface area contributed by atoms with Gasteiger partial charge in [0.25, 0.3) is 0 Å². The fourth-order valence-corrected chi connectivity index (χ4v) is 13.5. The Hall–Kier alpha value is -1.99. The van der Waals surface area contributed by atoms with Crippen molar-refractivity contribution in [3.63, 3.8) is 0 Å². The van der Waals surface area contributed by atoms with Crippen molar-refractivity contribution in [3.05, 3.63) is 41.5 Å². The van der Waals surface area contributed by atoms with Crippen LogP contribution in [0.15, 0.2) is 30.3 Å². The highest BCUT2D eigenvalue weighted by Gasteiger charge is 2.69. The minimum Gasteiger partial charge on any atom is -0.478 e. The van der Waals surface area contributed by atoms with E-state index in [1.165, 1.54) is 68.9 Å². The third kappa shape index (κ3) is 5.75. The minimum atomic E-state index is -0.876. The van der Waals surface area contributed by atoms with Gasteiger partial charge in [0, 0.05) is 55.9 Å². The molecule has 266 valence electrons. The number of aromatic carboxylic acids is 1. The number of benzene rings is 1. The van der Waals surface area contributed by atoms with E-state index in [1.807, 2.05) is 19.2 Å². The maximum atomic E-state index is 12.7. The van der Waals surface area contributed by atoms with E-state index in [9.17, 15) is 18.9 Å². The number of carboxylic acids is 1. The Balaban J connectivity index is 1.17. The number of hydrogen-bond donors (Lipinski definition) is 2. The van der Waals surface area contributed by atoms with E-state index in [1.54, 1.807) is 23.3 Å². The second kappa shape index (κ2) is 13.0. The van der Waals surface area contributed by atoms with Gasteiger partial charge in [0.2, 0.25) is 5.91 Å². The van der Waals surface area contributed by atoms with Gasteiger partial charge in [0.15, 0.2) is 0 Å². The normalized spacial score (nSPS) is 38.9. The van der Waals surface area contributed by atoms with E-state index in [2.05, 4.69) is 46.0 Å². The van der Waals surface area contributed by atoms with Crippen molar-refractivity contribution < 1.29 is 18.9 Å². The van der Waals surface area contributed by atoms with Gasteiger partial charge < -0.3 is 15.3 Å². The molecule has 4 saturated carbocycles. The maximum absolute atomic E-state index is 12.7. The first-order chi connectivity index (χ1) is 22.6. The van der Waals surface area contributed by atoms with Crippen LogP contribution >= 0.6 is 0 Å². The van der Waals surface area contributed by atoms with Crippen LogP contribution in [0.1, 0.15) is 121 Å². The standard InChI is InChI=1S/C41H62N2O4S/c1-37(2)30(28-10-12-29(13-11-28)36(45)46)16-20-38(3)33(37)17-21-40(5)34(38)15-14-31-32-9-8-19-41(32,23-22-39(31,40)4)27-42-24-18-35(44)43(6)25-26-48(7)47/h10-13,16,31-34,42H,8-9,14-15,17-27H2,1-7H3,(H,45,46)/t31?,32?,33?,34?,38?,39-,40?,41?,48?/m1/s1. The first-order valence-electron chi connectivity index (χ1n) is 18.9. The quantitative estimate of drug-likeness (QED) is 0.245. The molecule has 6 rings (SSSR count). The van der Waals surface area contributed by atoms with Gasteiger partial charge in [0.05, 0.1) is 5.56 Å². The van der Waals surface area contributed by atoms with Crippen molar-refractivity contribution in [1.82, 2.24) is 10.2 Å². The molecule has 7 heteroatoms. The van der Waals surface area contributed by atoms with E-state index in [0.717, 1.165) is 31.3 Å². The first-order valence-corrected chi connectivity index (χ1v) is 20.6. The molecule has 0 radical (unpaired) electrons. The molecule has 0 aliphatic heterocycles. The molecule has 0 spiro atoms. The molecule has 48 heavy (non-hydrogen) atoms. The number of nitrogens with one attached hydrogen (secondary N) is 1. The highest BCUT2D eigenvalue weighted by atomic mass is 32.2. The molecule has 1 amide bonds. The van der Waals surface area contributed by atoms with Gasteiger partial charge in [-0.05, 0) is 132 Å². The second-order valence-corrected chi connectivity index (χ2v) is 19.5. The third-order valence-corrected chi connectivity index (χ3v) is 16.5. The van der Waals surface area contributed by atoms with Gasteiger partial charge >= 0.3 is 5.97 Å². The number of allylic oxidation sites excluding steroid dienone is 2. The fourth-order valence-electron chi connectivity index (χ4n) is 13.0. The summed E-state index contributed by atoms with van der Waals surface area (Å²) in [5, 5.41) is 13.2. The molecule has 5 aliphatic carbocycles. The smallest absolute Gasteiger partial charge is 0.335 e. The number of rotatable bonds is 10. The molecule has 8 unspecified atom stereocenters. The fraction of sp³-hybridized carbons (Fsp3) is 0.756. The van der Waals surface area contributed by atoms with E-state index < -0.39 is 16.8 Å². The van der Waals surface area contributed by atoms with Crippen LogP contribution in [-0.2, 0) is 15.6 Å². The molecule has 2 N–H and O–H groups in total. The Morgan fingerprint density at radius 1 is 0.917 bits per heavy atom. The van der Waals surface area contributed by atoms with E-state index in [-0.39, 0.29) is 16.7 Å². The minimum absolute atomic E-state index is 0.0284. The zero-order chi connectivity index (χ0) is 34.7. The number of fused-ring (bicyclic) bond motifs is 7. The number of carboxylic acid groups (broad SMARTS) is 1. The molecule has 1 aromatic rings. The molecule has 5 aliphatic rings. The molecule has 9 atom stereocenters. The monoisotopic (exact) mass is 678 g/mol. The van der Waals surface area contributed by atoms with Crippen LogP contribution < -0.4 is 5.32 Å². The van der Waals surface area contributed by atoms with Gasteiger partial charge in [-0.15, -0.1) is 0 Å². The van der Waals surface area contributed by atoms with Gasteiger partial charge in [-0.1, -0.05) is 59.2 Å². The maximum Gasteiger partial charge on any atom is 0.335 e. The molecule has 0 saturated heterocycles. The molecular formula is C41H62N2O4S. The van der Waals surface area contributed by atoms with Crippen molar-refractivity contribution in [2.45, 2.75) is 105 Å². The molecule has 0 heterocycles. The van der Waals surface area contributed by atoms with Gasteiger partial charge in [0.1, 0.15) is 0 Å². The van der Waals surface area contributed by atoms with Crippen molar-refractivity contribution in [3.8, 4) is 0 Å². The van der Waals surface area contributed by atoms with Gasteiger partial charge in [-0.25, -0.2) is 4.79 Å². The summed E-state index contributed by atoms with van der Waals surface area (Å²) in [5.41, 5.74) is 4.26. The van der Waals surface area contributed by atoms with Gasteiger partial charge in [-0.3, -0.25) is 9.00 Å². The lowest BCUT2D eigenvalue weighted by Crippen LogP contribution is -2.65. The summed E-state index contributed by atoms with van der Waals surface area (Å²) in [6.45, 7) is 15.3. The predicted octanol–water partition coefficient (Wildman–Crippen LogP) is 8.05. The van der Waals surface area contributed by atoms with Gasteiger partial charge in [-0.2, -0.15) is 0 Å². The third-order valence-electron chi connectivity index (χ3n) is 15.7. The van der Waals surface area contributed by atoms with Crippen molar-refractivity contribution >= 4 is 28.2 Å². The lowest BCUT2D eigenvalue weighted by molar-refractivity contribution is -0.222. The van der Waals surface area contributed by atoms with Crippen LogP contribution in [-0.4, -0.2) is 64.8 Å². The summed E-state index contributed by atoms with van der Waals surface area (Å²) in [4.78, 5) is 25.9. The highest BCUT2D eigenvalue weighted by molar-refractivity contribution is 7.84. The summed E-state index contributed by atoms with van der Waals surface area (Å²) in [5.74, 6) is 2.67. The zero-order valence-corrected chi connectivity index (χ0v) is 31.6.